The van der Waals surface area contributed by atoms with Crippen LogP contribution < -0.4 is 5.73 Å². The van der Waals surface area contributed by atoms with Crippen molar-refractivity contribution in [2.24, 2.45) is 11.1 Å². The van der Waals surface area contributed by atoms with Gasteiger partial charge in [0.25, 0.3) is 0 Å². The summed E-state index contributed by atoms with van der Waals surface area (Å²) in [6.45, 7) is 9.31. The van der Waals surface area contributed by atoms with Gasteiger partial charge < -0.3 is 15.5 Å². The Labute approximate surface area is 129 Å². The van der Waals surface area contributed by atoms with Gasteiger partial charge in [-0.1, -0.05) is 35.0 Å². The number of hydrogen-bond acceptors (Lipinski definition) is 3. The highest BCUT2D eigenvalue weighted by Gasteiger charge is 2.58. The van der Waals surface area contributed by atoms with E-state index in [2.05, 4.69) is 56.9 Å². The third kappa shape index (κ3) is 1.75. The Hall–Kier alpha value is -0.420. The van der Waals surface area contributed by atoms with Crippen molar-refractivity contribution in [1.82, 2.24) is 9.80 Å². The first-order valence-electron chi connectivity index (χ1n) is 7.48. The molecule has 4 fully saturated rings. The van der Waals surface area contributed by atoms with Crippen LogP contribution in [0.25, 0.3) is 0 Å². The molecule has 3 nitrogen and oxygen atoms in total. The number of fused-ring (bicyclic) bond motifs is 1. The van der Waals surface area contributed by atoms with Gasteiger partial charge in [-0.15, -0.1) is 0 Å². The summed E-state index contributed by atoms with van der Waals surface area (Å²) >= 11 is 3.54. The van der Waals surface area contributed by atoms with E-state index in [9.17, 15) is 0 Å². The summed E-state index contributed by atoms with van der Waals surface area (Å²) in [4.78, 5) is 5.27. The molecule has 0 amide bonds. The Morgan fingerprint density at radius 3 is 2.15 bits per heavy atom. The molecule has 4 aliphatic rings. The third-order valence-electron chi connectivity index (χ3n) is 5.68. The molecule has 4 saturated heterocycles. The van der Waals surface area contributed by atoms with Crippen molar-refractivity contribution in [3.05, 3.63) is 34.3 Å². The molecule has 20 heavy (non-hydrogen) atoms. The Kier molecular flexibility index (Phi) is 2.84. The van der Waals surface area contributed by atoms with E-state index >= 15 is 0 Å². The van der Waals surface area contributed by atoms with Crippen LogP contribution in [-0.4, -0.2) is 55.1 Å². The largest absolute Gasteiger partial charge is 0.326 e. The number of piperidine rings is 2. The van der Waals surface area contributed by atoms with Crippen LogP contribution in [0.5, 0.6) is 0 Å². The van der Waals surface area contributed by atoms with Crippen LogP contribution in [0.2, 0.25) is 0 Å². The van der Waals surface area contributed by atoms with Crippen LogP contribution in [0.15, 0.2) is 28.7 Å². The van der Waals surface area contributed by atoms with Gasteiger partial charge >= 0.3 is 0 Å². The lowest BCUT2D eigenvalue weighted by Crippen LogP contribution is -2.73. The van der Waals surface area contributed by atoms with Gasteiger partial charge in [0.05, 0.1) is 0 Å². The Morgan fingerprint density at radius 2 is 1.60 bits per heavy atom. The molecular weight excluding hydrogens is 314 g/mol. The summed E-state index contributed by atoms with van der Waals surface area (Å²) in [6.07, 6.45) is 0. The molecule has 0 aromatic heterocycles. The van der Waals surface area contributed by atoms with Crippen molar-refractivity contribution in [1.29, 1.82) is 0 Å². The zero-order valence-electron chi connectivity index (χ0n) is 12.0. The molecule has 4 heterocycles. The van der Waals surface area contributed by atoms with Gasteiger partial charge in [-0.05, 0) is 17.7 Å². The van der Waals surface area contributed by atoms with Gasteiger partial charge in [0, 0.05) is 60.6 Å². The van der Waals surface area contributed by atoms with Gasteiger partial charge in [-0.25, -0.2) is 0 Å². The maximum atomic E-state index is 6.81. The van der Waals surface area contributed by atoms with Gasteiger partial charge in [-0.2, -0.15) is 0 Å². The van der Waals surface area contributed by atoms with E-state index in [1.807, 2.05) is 0 Å². The van der Waals surface area contributed by atoms with Crippen LogP contribution >= 0.6 is 15.9 Å². The van der Waals surface area contributed by atoms with Crippen molar-refractivity contribution in [2.75, 3.05) is 39.3 Å². The molecule has 0 saturated carbocycles. The van der Waals surface area contributed by atoms with Gasteiger partial charge in [-0.3, -0.25) is 0 Å². The van der Waals surface area contributed by atoms with Gasteiger partial charge in [0.1, 0.15) is 0 Å². The molecule has 4 bridgehead atoms. The molecule has 0 spiro atoms. The molecular formula is C16H22BrN3. The smallest absolute Gasteiger partial charge is 0.0364 e. The molecule has 0 aliphatic carbocycles. The summed E-state index contributed by atoms with van der Waals surface area (Å²) in [5.74, 6) is 0. The lowest BCUT2D eigenvalue weighted by atomic mass is 9.58. The van der Waals surface area contributed by atoms with Crippen LogP contribution in [0.4, 0.5) is 0 Å². The molecule has 2 N–H and O–H groups in total. The molecule has 1 aromatic rings. The normalized spacial score (nSPS) is 46.5. The van der Waals surface area contributed by atoms with Crippen molar-refractivity contribution in [2.45, 2.75) is 18.4 Å². The van der Waals surface area contributed by atoms with E-state index in [1.165, 1.54) is 18.7 Å². The van der Waals surface area contributed by atoms with Crippen molar-refractivity contribution >= 4 is 15.9 Å². The van der Waals surface area contributed by atoms with Crippen LogP contribution in [0.3, 0.4) is 0 Å². The molecule has 108 valence electrons. The minimum absolute atomic E-state index is 0.0997. The predicted octanol–water partition coefficient (Wildman–Crippen LogP) is 1.67. The zero-order chi connectivity index (χ0) is 14.0. The molecule has 3 unspecified atom stereocenters. The van der Waals surface area contributed by atoms with E-state index in [4.69, 9.17) is 5.73 Å². The number of rotatable bonds is 1. The molecule has 4 aliphatic heterocycles. The van der Waals surface area contributed by atoms with Crippen LogP contribution in [0, 0.1) is 5.41 Å². The first kappa shape index (κ1) is 13.3. The van der Waals surface area contributed by atoms with Crippen molar-refractivity contribution < 1.29 is 0 Å². The number of halogens is 1. The monoisotopic (exact) mass is 335 g/mol. The first-order valence-corrected chi connectivity index (χ1v) is 8.28. The highest BCUT2D eigenvalue weighted by molar-refractivity contribution is 9.10. The quantitative estimate of drug-likeness (QED) is 0.847. The predicted molar refractivity (Wildman–Crippen MR) is 84.8 cm³/mol. The second-order valence-corrected chi connectivity index (χ2v) is 8.13. The number of nitrogens with zero attached hydrogens (tertiary/aromatic N) is 2. The highest BCUT2D eigenvalue weighted by atomic mass is 79.9. The molecule has 0 radical (unpaired) electrons. The van der Waals surface area contributed by atoms with E-state index in [0.717, 1.165) is 30.7 Å². The number of benzene rings is 1. The van der Waals surface area contributed by atoms with E-state index < -0.39 is 0 Å². The second kappa shape index (κ2) is 4.29. The minimum Gasteiger partial charge on any atom is -0.326 e. The van der Waals surface area contributed by atoms with E-state index in [-0.39, 0.29) is 16.9 Å². The lowest BCUT2D eigenvalue weighted by Gasteiger charge is -2.59. The molecule has 3 atom stereocenters. The maximum Gasteiger partial charge on any atom is 0.0364 e. The minimum atomic E-state index is 0.0997. The summed E-state index contributed by atoms with van der Waals surface area (Å²) in [5.41, 5.74) is 8.55. The summed E-state index contributed by atoms with van der Waals surface area (Å²) < 4.78 is 1.14. The van der Waals surface area contributed by atoms with Crippen LogP contribution in [0.1, 0.15) is 12.5 Å². The summed E-state index contributed by atoms with van der Waals surface area (Å²) in [5, 5.41) is 0. The Morgan fingerprint density at radius 1 is 1.05 bits per heavy atom. The average Bonchev–Trinajstić information content (AvgIpc) is 2.63. The Bertz CT molecular complexity index is 511. The number of nitrogens with two attached hydrogens (primary N) is 1. The fourth-order valence-electron chi connectivity index (χ4n) is 4.83. The zero-order valence-corrected chi connectivity index (χ0v) is 13.6. The average molecular weight is 336 g/mol. The maximum absolute atomic E-state index is 6.81. The summed E-state index contributed by atoms with van der Waals surface area (Å²) in [7, 11) is 0. The van der Waals surface area contributed by atoms with Gasteiger partial charge in [0.2, 0.25) is 0 Å². The van der Waals surface area contributed by atoms with Crippen molar-refractivity contribution in [3.63, 3.8) is 0 Å². The molecule has 4 heteroatoms. The number of hydrogen-bond donors (Lipinski definition) is 1. The van der Waals surface area contributed by atoms with Crippen LogP contribution in [-0.2, 0) is 5.41 Å². The van der Waals surface area contributed by atoms with E-state index in [1.54, 1.807) is 0 Å². The SMILES string of the molecule is CC12CN3CCN(C1)CC(c1ccc(Br)cc1)(C3)C2N. The standard InChI is InChI=1S/C16H22BrN3/c1-15-8-19-6-7-20(9-15)11-16(10-19,14(15)18)12-2-4-13(17)5-3-12/h2-5,14H,6-11,18H2,1H3. The molecule has 5 rings (SSSR count). The second-order valence-electron chi connectivity index (χ2n) is 7.22. The highest BCUT2D eigenvalue weighted by Crippen LogP contribution is 2.47. The fourth-order valence-corrected chi connectivity index (χ4v) is 5.10. The lowest BCUT2D eigenvalue weighted by molar-refractivity contribution is -0.0263. The van der Waals surface area contributed by atoms with E-state index in [0.29, 0.717) is 0 Å². The van der Waals surface area contributed by atoms with Gasteiger partial charge in [0.15, 0.2) is 0 Å². The molecule has 1 aromatic carbocycles. The Balaban J connectivity index is 1.84. The summed E-state index contributed by atoms with van der Waals surface area (Å²) in [6, 6.07) is 9.10. The topological polar surface area (TPSA) is 32.5 Å². The van der Waals surface area contributed by atoms with Crippen molar-refractivity contribution in [3.8, 4) is 0 Å². The first-order chi connectivity index (χ1) is 9.52. The fraction of sp³-hybridized carbons (Fsp3) is 0.625. The third-order valence-corrected chi connectivity index (χ3v) is 6.21.